The van der Waals surface area contributed by atoms with Gasteiger partial charge in [0.25, 0.3) is 11.8 Å². The van der Waals surface area contributed by atoms with Gasteiger partial charge in [-0.1, -0.05) is 40.9 Å². The van der Waals surface area contributed by atoms with Crippen LogP contribution in [-0.2, 0) is 9.59 Å². The van der Waals surface area contributed by atoms with Crippen LogP contribution in [0.25, 0.3) is 0 Å². The first kappa shape index (κ1) is 18.9. The number of likely N-dealkylation sites (tertiary alicyclic amines) is 1. The van der Waals surface area contributed by atoms with Crippen molar-refractivity contribution in [3.63, 3.8) is 0 Å². The number of hydrogen-bond acceptors (Lipinski definition) is 3. The third-order valence-corrected chi connectivity index (χ3v) is 4.42. The van der Waals surface area contributed by atoms with Gasteiger partial charge in [0.15, 0.2) is 11.4 Å². The summed E-state index contributed by atoms with van der Waals surface area (Å²) in [7, 11) is 0. The molecular weight excluding hydrogens is 351 g/mol. The molecule has 0 unspecified atom stereocenters. The Morgan fingerprint density at radius 1 is 1.29 bits per heavy atom. The van der Waals surface area contributed by atoms with Gasteiger partial charge in [0.05, 0.1) is 0 Å². The second-order valence-electron chi connectivity index (χ2n) is 6.03. The maximum atomic E-state index is 12.0. The number of amides is 2. The standard InChI is InChI=1S/C17H22Cl2N2O3/c1-11-3-4-14(12(2)9-11)24-10-15(22)20-13-5-7-21(8-6-13)17(23)16(18)19/h3-4,9,13,16H,5-8,10H2,1-2H3,(H,20,22). The second kappa shape index (κ2) is 8.58. The van der Waals surface area contributed by atoms with E-state index in [9.17, 15) is 9.59 Å². The van der Waals surface area contributed by atoms with Crippen LogP contribution in [0.5, 0.6) is 5.75 Å². The number of piperidine rings is 1. The summed E-state index contributed by atoms with van der Waals surface area (Å²) in [6, 6.07) is 5.87. The van der Waals surface area contributed by atoms with Crippen LogP contribution < -0.4 is 10.1 Å². The monoisotopic (exact) mass is 372 g/mol. The minimum Gasteiger partial charge on any atom is -0.484 e. The van der Waals surface area contributed by atoms with E-state index in [1.165, 1.54) is 0 Å². The molecule has 24 heavy (non-hydrogen) atoms. The van der Waals surface area contributed by atoms with Crippen LogP contribution in [0, 0.1) is 13.8 Å². The zero-order chi connectivity index (χ0) is 17.7. The van der Waals surface area contributed by atoms with Crippen LogP contribution in [0.15, 0.2) is 18.2 Å². The number of ether oxygens (including phenoxy) is 1. The van der Waals surface area contributed by atoms with Gasteiger partial charge >= 0.3 is 0 Å². The molecule has 2 rings (SSSR count). The summed E-state index contributed by atoms with van der Waals surface area (Å²) in [6.45, 7) is 5.02. The zero-order valence-corrected chi connectivity index (χ0v) is 15.4. The molecule has 5 nitrogen and oxygen atoms in total. The number of hydrogen-bond donors (Lipinski definition) is 1. The van der Waals surface area contributed by atoms with Gasteiger partial charge in [-0.25, -0.2) is 0 Å². The van der Waals surface area contributed by atoms with E-state index >= 15 is 0 Å². The van der Waals surface area contributed by atoms with Crippen LogP contribution in [0.4, 0.5) is 0 Å². The SMILES string of the molecule is Cc1ccc(OCC(=O)NC2CCN(C(=O)C(Cl)Cl)CC2)c(C)c1. The smallest absolute Gasteiger partial charge is 0.258 e. The minimum atomic E-state index is -1.03. The number of halogens is 2. The summed E-state index contributed by atoms with van der Waals surface area (Å²) < 4.78 is 5.57. The van der Waals surface area contributed by atoms with E-state index in [0.29, 0.717) is 31.7 Å². The third-order valence-electron chi connectivity index (χ3n) is 4.05. The lowest BCUT2D eigenvalue weighted by atomic mass is 10.1. The highest BCUT2D eigenvalue weighted by molar-refractivity contribution is 6.53. The van der Waals surface area contributed by atoms with E-state index in [0.717, 1.165) is 11.1 Å². The van der Waals surface area contributed by atoms with Crippen molar-refractivity contribution in [1.82, 2.24) is 10.2 Å². The molecular formula is C17H22Cl2N2O3. The van der Waals surface area contributed by atoms with Crippen LogP contribution in [0.2, 0.25) is 0 Å². The van der Waals surface area contributed by atoms with Gasteiger partial charge in [-0.2, -0.15) is 0 Å². The van der Waals surface area contributed by atoms with Gasteiger partial charge in [-0.15, -0.1) is 0 Å². The maximum absolute atomic E-state index is 12.0. The Hall–Kier alpha value is -1.46. The molecule has 1 aliphatic rings. The minimum absolute atomic E-state index is 0.0194. The van der Waals surface area contributed by atoms with Gasteiger partial charge < -0.3 is 15.0 Å². The lowest BCUT2D eigenvalue weighted by Crippen LogP contribution is -2.48. The molecule has 1 heterocycles. The van der Waals surface area contributed by atoms with Crippen LogP contribution in [-0.4, -0.2) is 47.3 Å². The molecule has 132 valence electrons. The van der Waals surface area contributed by atoms with Crippen LogP contribution >= 0.6 is 23.2 Å². The molecule has 1 aromatic carbocycles. The van der Waals surface area contributed by atoms with Crippen molar-refractivity contribution in [1.29, 1.82) is 0 Å². The number of nitrogens with zero attached hydrogens (tertiary/aromatic N) is 1. The Morgan fingerprint density at radius 3 is 2.54 bits per heavy atom. The van der Waals surface area contributed by atoms with E-state index in [-0.39, 0.29) is 24.5 Å². The first-order valence-corrected chi connectivity index (χ1v) is 8.80. The van der Waals surface area contributed by atoms with Crippen molar-refractivity contribution in [2.75, 3.05) is 19.7 Å². The number of alkyl halides is 2. The molecule has 1 fully saturated rings. The molecule has 0 saturated carbocycles. The van der Waals surface area contributed by atoms with Crippen molar-refractivity contribution in [3.8, 4) is 5.75 Å². The van der Waals surface area contributed by atoms with Gasteiger partial charge in [0, 0.05) is 19.1 Å². The zero-order valence-electron chi connectivity index (χ0n) is 13.9. The normalized spacial score (nSPS) is 15.5. The Kier molecular flexibility index (Phi) is 6.75. The molecule has 7 heteroatoms. The van der Waals surface area contributed by atoms with E-state index in [4.69, 9.17) is 27.9 Å². The molecule has 0 atom stereocenters. The number of aryl methyl sites for hydroxylation is 2. The van der Waals surface area contributed by atoms with Crippen LogP contribution in [0.3, 0.4) is 0 Å². The van der Waals surface area contributed by atoms with Crippen molar-refractivity contribution in [3.05, 3.63) is 29.3 Å². The summed E-state index contributed by atoms with van der Waals surface area (Å²) in [5.74, 6) is 0.278. The maximum Gasteiger partial charge on any atom is 0.258 e. The van der Waals surface area contributed by atoms with Gasteiger partial charge in [-0.05, 0) is 38.3 Å². The predicted molar refractivity (Wildman–Crippen MR) is 94.6 cm³/mol. The largest absolute Gasteiger partial charge is 0.484 e. The second-order valence-corrected chi connectivity index (χ2v) is 7.12. The molecule has 0 aliphatic carbocycles. The number of carbonyl (C=O) groups excluding carboxylic acids is 2. The van der Waals surface area contributed by atoms with Crippen molar-refractivity contribution in [2.45, 2.75) is 37.6 Å². The molecule has 0 bridgehead atoms. The quantitative estimate of drug-likeness (QED) is 0.808. The lowest BCUT2D eigenvalue weighted by Gasteiger charge is -2.32. The molecule has 1 aromatic rings. The van der Waals surface area contributed by atoms with Crippen molar-refractivity contribution < 1.29 is 14.3 Å². The molecule has 1 N–H and O–H groups in total. The highest BCUT2D eigenvalue weighted by atomic mass is 35.5. The summed E-state index contributed by atoms with van der Waals surface area (Å²) >= 11 is 11.2. The average Bonchev–Trinajstić information content (AvgIpc) is 2.54. The summed E-state index contributed by atoms with van der Waals surface area (Å²) in [5.41, 5.74) is 2.16. The van der Waals surface area contributed by atoms with Gasteiger partial charge in [-0.3, -0.25) is 9.59 Å². The summed E-state index contributed by atoms with van der Waals surface area (Å²) in [6.07, 6.45) is 1.36. The molecule has 1 saturated heterocycles. The Labute approximate surface area is 152 Å². The fourth-order valence-corrected chi connectivity index (χ4v) is 3.03. The molecule has 0 spiro atoms. The van der Waals surface area contributed by atoms with Gasteiger partial charge in [0.1, 0.15) is 5.75 Å². The first-order valence-electron chi connectivity index (χ1n) is 7.93. The van der Waals surface area contributed by atoms with Crippen molar-refractivity contribution >= 4 is 35.0 Å². The van der Waals surface area contributed by atoms with E-state index in [1.54, 1.807) is 4.90 Å². The van der Waals surface area contributed by atoms with E-state index < -0.39 is 4.84 Å². The number of nitrogens with one attached hydrogen (secondary N) is 1. The van der Waals surface area contributed by atoms with Gasteiger partial charge in [0.2, 0.25) is 0 Å². The first-order chi connectivity index (χ1) is 11.4. The molecule has 0 radical (unpaired) electrons. The molecule has 0 aromatic heterocycles. The highest BCUT2D eigenvalue weighted by Crippen LogP contribution is 2.19. The topological polar surface area (TPSA) is 58.6 Å². The Balaban J connectivity index is 1.75. The summed E-state index contributed by atoms with van der Waals surface area (Å²) in [5, 5.41) is 2.94. The van der Waals surface area contributed by atoms with E-state index in [1.807, 2.05) is 32.0 Å². The number of benzene rings is 1. The fourth-order valence-electron chi connectivity index (χ4n) is 2.76. The van der Waals surface area contributed by atoms with Crippen LogP contribution in [0.1, 0.15) is 24.0 Å². The predicted octanol–water partition coefficient (Wildman–Crippen LogP) is 2.59. The third kappa shape index (κ3) is 5.28. The average molecular weight is 373 g/mol. The van der Waals surface area contributed by atoms with E-state index in [2.05, 4.69) is 5.32 Å². The molecule has 2 amide bonds. The number of carbonyl (C=O) groups is 2. The summed E-state index contributed by atoms with van der Waals surface area (Å²) in [4.78, 5) is 24.3. The Bertz CT molecular complexity index is 599. The fraction of sp³-hybridized carbons (Fsp3) is 0.529. The molecule has 1 aliphatic heterocycles. The highest BCUT2D eigenvalue weighted by Gasteiger charge is 2.26. The Morgan fingerprint density at radius 2 is 1.96 bits per heavy atom. The van der Waals surface area contributed by atoms with Crippen molar-refractivity contribution in [2.24, 2.45) is 0 Å². The number of rotatable bonds is 5. The lowest BCUT2D eigenvalue weighted by molar-refractivity contribution is -0.130.